The summed E-state index contributed by atoms with van der Waals surface area (Å²) in [5.74, 6) is 0. The highest BCUT2D eigenvalue weighted by Gasteiger charge is 2.45. The summed E-state index contributed by atoms with van der Waals surface area (Å²) in [6.07, 6.45) is 3.25. The van der Waals surface area contributed by atoms with E-state index in [1.807, 2.05) is 0 Å². The lowest BCUT2D eigenvalue weighted by Gasteiger charge is -2.36. The second-order valence-electron chi connectivity index (χ2n) is 8.26. The molecular formula is C22H30O2. The first-order chi connectivity index (χ1) is 11.4. The molecule has 2 aliphatic carbocycles. The van der Waals surface area contributed by atoms with E-state index in [1.165, 1.54) is 11.1 Å². The van der Waals surface area contributed by atoms with Gasteiger partial charge in [-0.15, -0.1) is 0 Å². The molecule has 2 aliphatic rings. The van der Waals surface area contributed by atoms with E-state index in [9.17, 15) is 0 Å². The molecule has 0 spiro atoms. The predicted molar refractivity (Wildman–Crippen MR) is 99.9 cm³/mol. The van der Waals surface area contributed by atoms with Crippen molar-refractivity contribution in [3.05, 3.63) is 52.6 Å². The quantitative estimate of drug-likeness (QED) is 0.735. The predicted octanol–water partition coefficient (Wildman–Crippen LogP) is 5.26. The summed E-state index contributed by atoms with van der Waals surface area (Å²) in [4.78, 5) is 0. The van der Waals surface area contributed by atoms with Gasteiger partial charge in [-0.2, -0.15) is 0 Å². The van der Waals surface area contributed by atoms with Crippen molar-refractivity contribution in [2.75, 3.05) is 27.4 Å². The molecular weight excluding hydrogens is 296 g/mol. The maximum atomic E-state index is 5.59. The molecule has 2 heteroatoms. The van der Waals surface area contributed by atoms with Gasteiger partial charge in [0.1, 0.15) is 0 Å². The molecule has 0 unspecified atom stereocenters. The molecule has 0 N–H and O–H groups in total. The topological polar surface area (TPSA) is 18.5 Å². The molecule has 0 aromatic heterocycles. The van der Waals surface area contributed by atoms with E-state index in [4.69, 9.17) is 9.47 Å². The minimum atomic E-state index is 0.0792. The van der Waals surface area contributed by atoms with Gasteiger partial charge in [-0.3, -0.25) is 0 Å². The average molecular weight is 326 g/mol. The first kappa shape index (κ1) is 17.4. The van der Waals surface area contributed by atoms with Gasteiger partial charge in [0, 0.05) is 19.6 Å². The van der Waals surface area contributed by atoms with Crippen molar-refractivity contribution in [2.24, 2.45) is 10.8 Å². The summed E-state index contributed by atoms with van der Waals surface area (Å²) in [5.41, 5.74) is 7.79. The van der Waals surface area contributed by atoms with Crippen molar-refractivity contribution in [1.29, 1.82) is 0 Å². The number of methoxy groups -OCH3 is 2. The summed E-state index contributed by atoms with van der Waals surface area (Å²) in [7, 11) is 3.61. The lowest BCUT2D eigenvalue weighted by molar-refractivity contribution is 0.0190. The highest BCUT2D eigenvalue weighted by atomic mass is 16.5. The zero-order chi connectivity index (χ0) is 17.4. The van der Waals surface area contributed by atoms with Gasteiger partial charge in [-0.25, -0.2) is 0 Å². The van der Waals surface area contributed by atoms with Crippen LogP contribution in [0.3, 0.4) is 0 Å². The third kappa shape index (κ3) is 2.98. The lowest BCUT2D eigenvalue weighted by Crippen LogP contribution is -2.28. The van der Waals surface area contributed by atoms with Crippen LogP contribution in [0.4, 0.5) is 0 Å². The number of ether oxygens (including phenoxy) is 2. The normalized spacial score (nSPS) is 22.0. The molecule has 1 saturated carbocycles. The van der Waals surface area contributed by atoms with E-state index in [-0.39, 0.29) is 10.8 Å². The molecule has 0 saturated heterocycles. The molecule has 1 aromatic carbocycles. The maximum absolute atomic E-state index is 5.59. The second-order valence-corrected chi connectivity index (χ2v) is 8.26. The smallest absolute Gasteiger partial charge is 0.0547 e. The number of fused-ring (bicyclic) bond motifs is 1. The van der Waals surface area contributed by atoms with E-state index < -0.39 is 0 Å². The Morgan fingerprint density at radius 2 is 1.46 bits per heavy atom. The van der Waals surface area contributed by atoms with Gasteiger partial charge in [-0.05, 0) is 53.9 Å². The van der Waals surface area contributed by atoms with Crippen molar-refractivity contribution in [3.63, 3.8) is 0 Å². The number of hydrogen-bond acceptors (Lipinski definition) is 2. The molecule has 130 valence electrons. The number of benzene rings is 1. The van der Waals surface area contributed by atoms with Crippen molar-refractivity contribution >= 4 is 5.57 Å². The van der Waals surface area contributed by atoms with Crippen LogP contribution < -0.4 is 0 Å². The van der Waals surface area contributed by atoms with E-state index in [0.29, 0.717) is 0 Å². The molecule has 0 radical (unpaired) electrons. The van der Waals surface area contributed by atoms with Crippen LogP contribution in [0.1, 0.15) is 45.6 Å². The van der Waals surface area contributed by atoms with Gasteiger partial charge in [0.15, 0.2) is 0 Å². The Bertz CT molecular complexity index is 658. The van der Waals surface area contributed by atoms with E-state index in [2.05, 4.69) is 51.1 Å². The van der Waals surface area contributed by atoms with Gasteiger partial charge >= 0.3 is 0 Å². The average Bonchev–Trinajstić information content (AvgIpc) is 2.87. The van der Waals surface area contributed by atoms with E-state index in [1.54, 1.807) is 30.9 Å². The highest BCUT2D eigenvalue weighted by molar-refractivity contribution is 5.79. The third-order valence-corrected chi connectivity index (χ3v) is 5.63. The zero-order valence-corrected chi connectivity index (χ0v) is 15.7. The van der Waals surface area contributed by atoms with Crippen LogP contribution >= 0.6 is 0 Å². The Morgan fingerprint density at radius 3 is 2.04 bits per heavy atom. The Morgan fingerprint density at radius 1 is 0.875 bits per heavy atom. The SMILES string of the molecule is COCC1(COC)CC2=C(C)CC(C)(C)C(c3ccccc3)=C2C1. The van der Waals surface area contributed by atoms with Crippen LogP contribution in [-0.4, -0.2) is 27.4 Å². The van der Waals surface area contributed by atoms with Crippen molar-refractivity contribution < 1.29 is 9.47 Å². The molecule has 3 rings (SSSR count). The molecule has 0 bridgehead atoms. The van der Waals surface area contributed by atoms with Crippen molar-refractivity contribution in [2.45, 2.75) is 40.0 Å². The molecule has 0 aliphatic heterocycles. The Hall–Kier alpha value is -1.38. The fourth-order valence-corrected chi connectivity index (χ4v) is 4.97. The largest absolute Gasteiger partial charge is 0.384 e. The summed E-state index contributed by atoms with van der Waals surface area (Å²) in [6.45, 7) is 8.59. The zero-order valence-electron chi connectivity index (χ0n) is 15.7. The van der Waals surface area contributed by atoms with Gasteiger partial charge in [0.25, 0.3) is 0 Å². The van der Waals surface area contributed by atoms with Gasteiger partial charge in [0.05, 0.1) is 13.2 Å². The summed E-state index contributed by atoms with van der Waals surface area (Å²) in [6, 6.07) is 10.9. The third-order valence-electron chi connectivity index (χ3n) is 5.63. The minimum absolute atomic E-state index is 0.0792. The van der Waals surface area contributed by atoms with Gasteiger partial charge < -0.3 is 9.47 Å². The molecule has 2 nitrogen and oxygen atoms in total. The van der Waals surface area contributed by atoms with E-state index >= 15 is 0 Å². The lowest BCUT2D eigenvalue weighted by atomic mass is 9.68. The second kappa shape index (κ2) is 6.50. The number of rotatable bonds is 5. The molecule has 1 fully saturated rings. The monoisotopic (exact) mass is 326 g/mol. The standard InChI is InChI=1S/C22H30O2/c1-16-11-21(2,3)20(17-9-7-6-8-10-17)19-13-22(14-23-4,15-24-5)12-18(16)19/h6-10H,11-15H2,1-5H3. The first-order valence-electron chi connectivity index (χ1n) is 8.88. The number of hydrogen-bond donors (Lipinski definition) is 0. The fraction of sp³-hybridized carbons (Fsp3) is 0.545. The minimum Gasteiger partial charge on any atom is -0.384 e. The van der Waals surface area contributed by atoms with Crippen molar-refractivity contribution in [1.82, 2.24) is 0 Å². The highest BCUT2D eigenvalue weighted by Crippen LogP contribution is 2.57. The fourth-order valence-electron chi connectivity index (χ4n) is 4.97. The van der Waals surface area contributed by atoms with Crippen LogP contribution in [0.2, 0.25) is 0 Å². The van der Waals surface area contributed by atoms with Crippen LogP contribution in [-0.2, 0) is 9.47 Å². The van der Waals surface area contributed by atoms with Crippen molar-refractivity contribution in [3.8, 4) is 0 Å². The maximum Gasteiger partial charge on any atom is 0.0547 e. The Balaban J connectivity index is 2.15. The molecule has 0 atom stereocenters. The molecule has 24 heavy (non-hydrogen) atoms. The van der Waals surface area contributed by atoms with Gasteiger partial charge in [0.2, 0.25) is 0 Å². The first-order valence-corrected chi connectivity index (χ1v) is 8.88. The van der Waals surface area contributed by atoms with E-state index in [0.717, 1.165) is 32.5 Å². The van der Waals surface area contributed by atoms with Crippen LogP contribution in [0.5, 0.6) is 0 Å². The Kier molecular flexibility index (Phi) is 4.72. The van der Waals surface area contributed by atoms with Gasteiger partial charge in [-0.1, -0.05) is 49.8 Å². The van der Waals surface area contributed by atoms with Crippen LogP contribution in [0.15, 0.2) is 47.1 Å². The summed E-state index contributed by atoms with van der Waals surface area (Å²) in [5, 5.41) is 0. The summed E-state index contributed by atoms with van der Waals surface area (Å²) < 4.78 is 11.2. The molecule has 1 aromatic rings. The Labute approximate surface area is 146 Å². The van der Waals surface area contributed by atoms with Crippen LogP contribution in [0, 0.1) is 10.8 Å². The summed E-state index contributed by atoms with van der Waals surface area (Å²) >= 11 is 0. The van der Waals surface area contributed by atoms with Crippen LogP contribution in [0.25, 0.3) is 5.57 Å². The molecule has 0 heterocycles. The molecule has 0 amide bonds. The number of allylic oxidation sites excluding steroid dienone is 4.